The van der Waals surface area contributed by atoms with Gasteiger partial charge in [-0.1, -0.05) is 12.1 Å². The van der Waals surface area contributed by atoms with Gasteiger partial charge in [-0.3, -0.25) is 9.69 Å². The third kappa shape index (κ3) is 4.31. The molecule has 1 aromatic carbocycles. The molecule has 2 rings (SSSR count). The Bertz CT molecular complexity index is 419. The molecule has 1 atom stereocenters. The first-order valence-electron chi connectivity index (χ1n) is 6.71. The highest BCUT2D eigenvalue weighted by atomic mass is 19.1. The van der Waals surface area contributed by atoms with Gasteiger partial charge in [-0.2, -0.15) is 0 Å². The van der Waals surface area contributed by atoms with Crippen LogP contribution in [-0.2, 0) is 16.1 Å². The Morgan fingerprint density at radius 2 is 2.16 bits per heavy atom. The maximum atomic E-state index is 12.8. The highest BCUT2D eigenvalue weighted by Gasteiger charge is 2.22. The lowest BCUT2D eigenvalue weighted by atomic mass is 9.94. The van der Waals surface area contributed by atoms with E-state index in [1.54, 1.807) is 0 Å². The molecule has 0 saturated carbocycles. The van der Waals surface area contributed by atoms with Crippen molar-refractivity contribution in [2.45, 2.75) is 25.8 Å². The molecule has 1 aliphatic heterocycles. The molecular formula is C15H20FNO2. The van der Waals surface area contributed by atoms with Crippen molar-refractivity contribution in [1.82, 2.24) is 4.90 Å². The highest BCUT2D eigenvalue weighted by molar-refractivity contribution is 5.69. The van der Waals surface area contributed by atoms with Gasteiger partial charge in [-0.15, -0.1) is 0 Å². The number of methoxy groups -OCH3 is 1. The molecule has 3 nitrogen and oxygen atoms in total. The zero-order valence-corrected chi connectivity index (χ0v) is 11.3. The normalized spacial score (nSPS) is 20.2. The molecule has 0 N–H and O–H groups in total. The van der Waals surface area contributed by atoms with Crippen molar-refractivity contribution in [2.75, 3.05) is 20.2 Å². The fourth-order valence-corrected chi connectivity index (χ4v) is 2.63. The molecule has 4 heteroatoms. The van der Waals surface area contributed by atoms with Crippen LogP contribution in [-0.4, -0.2) is 31.1 Å². The van der Waals surface area contributed by atoms with Crippen molar-refractivity contribution >= 4 is 5.97 Å². The van der Waals surface area contributed by atoms with Gasteiger partial charge < -0.3 is 4.74 Å². The van der Waals surface area contributed by atoms with Crippen LogP contribution < -0.4 is 0 Å². The number of benzene rings is 1. The summed E-state index contributed by atoms with van der Waals surface area (Å²) >= 11 is 0. The summed E-state index contributed by atoms with van der Waals surface area (Å²) in [6, 6.07) is 6.62. The first-order valence-corrected chi connectivity index (χ1v) is 6.71. The number of nitrogens with zero attached hydrogens (tertiary/aromatic N) is 1. The number of ether oxygens (including phenoxy) is 1. The lowest BCUT2D eigenvalue weighted by Crippen LogP contribution is -2.35. The van der Waals surface area contributed by atoms with E-state index in [1.807, 2.05) is 12.1 Å². The number of piperidine rings is 1. The fraction of sp³-hybridized carbons (Fsp3) is 0.533. The molecule has 0 aliphatic carbocycles. The van der Waals surface area contributed by atoms with Crippen LogP contribution in [0, 0.1) is 11.7 Å². The van der Waals surface area contributed by atoms with Crippen molar-refractivity contribution in [1.29, 1.82) is 0 Å². The molecule has 1 fully saturated rings. The molecule has 1 aromatic rings. The summed E-state index contributed by atoms with van der Waals surface area (Å²) in [5.41, 5.74) is 1.11. The Hall–Kier alpha value is -1.42. The molecule has 1 heterocycles. The summed E-state index contributed by atoms with van der Waals surface area (Å²) in [5.74, 6) is 0.0428. The van der Waals surface area contributed by atoms with Crippen molar-refractivity contribution < 1.29 is 13.9 Å². The van der Waals surface area contributed by atoms with E-state index in [9.17, 15) is 9.18 Å². The summed E-state index contributed by atoms with van der Waals surface area (Å²) in [5, 5.41) is 0. The van der Waals surface area contributed by atoms with Crippen LogP contribution in [0.5, 0.6) is 0 Å². The topological polar surface area (TPSA) is 29.5 Å². The molecule has 0 amide bonds. The molecule has 1 unspecified atom stereocenters. The van der Waals surface area contributed by atoms with Crippen LogP contribution >= 0.6 is 0 Å². The van der Waals surface area contributed by atoms with Gasteiger partial charge in [0.1, 0.15) is 5.82 Å². The number of halogens is 1. The summed E-state index contributed by atoms with van der Waals surface area (Å²) in [6.45, 7) is 2.76. The molecule has 0 radical (unpaired) electrons. The van der Waals surface area contributed by atoms with Gasteiger partial charge in [-0.25, -0.2) is 4.39 Å². The van der Waals surface area contributed by atoms with E-state index in [2.05, 4.69) is 4.90 Å². The standard InChI is InChI=1S/C15H20FNO2/c1-19-15(18)9-13-3-2-8-17(11-13)10-12-4-6-14(16)7-5-12/h4-7,13H,2-3,8-11H2,1H3. The third-order valence-corrected chi connectivity index (χ3v) is 3.61. The zero-order chi connectivity index (χ0) is 13.7. The van der Waals surface area contributed by atoms with Crippen molar-refractivity contribution in [3.8, 4) is 0 Å². The van der Waals surface area contributed by atoms with Crippen LogP contribution in [0.1, 0.15) is 24.8 Å². The number of carbonyl (C=O) groups excluding carboxylic acids is 1. The lowest BCUT2D eigenvalue weighted by Gasteiger charge is -2.32. The molecule has 0 spiro atoms. The van der Waals surface area contributed by atoms with Crippen molar-refractivity contribution in [3.63, 3.8) is 0 Å². The van der Waals surface area contributed by atoms with Gasteiger partial charge >= 0.3 is 5.97 Å². The highest BCUT2D eigenvalue weighted by Crippen LogP contribution is 2.21. The maximum Gasteiger partial charge on any atom is 0.305 e. The van der Waals surface area contributed by atoms with Crippen LogP contribution in [0.15, 0.2) is 24.3 Å². The van der Waals surface area contributed by atoms with Crippen LogP contribution in [0.2, 0.25) is 0 Å². The Morgan fingerprint density at radius 3 is 2.84 bits per heavy atom. The minimum atomic E-state index is -0.203. The van der Waals surface area contributed by atoms with E-state index in [0.717, 1.165) is 38.0 Å². The summed E-state index contributed by atoms with van der Waals surface area (Å²) in [7, 11) is 1.43. The summed E-state index contributed by atoms with van der Waals surface area (Å²) in [4.78, 5) is 13.6. The van der Waals surface area contributed by atoms with Gasteiger partial charge in [0.05, 0.1) is 7.11 Å². The Labute approximate surface area is 113 Å². The molecule has 19 heavy (non-hydrogen) atoms. The second-order valence-corrected chi connectivity index (χ2v) is 5.15. The quantitative estimate of drug-likeness (QED) is 0.784. The van der Waals surface area contributed by atoms with Gasteiger partial charge in [0, 0.05) is 19.5 Å². The number of carbonyl (C=O) groups is 1. The van der Waals surface area contributed by atoms with Crippen molar-refractivity contribution in [2.24, 2.45) is 5.92 Å². The van der Waals surface area contributed by atoms with Gasteiger partial charge in [0.2, 0.25) is 0 Å². The fourth-order valence-electron chi connectivity index (χ4n) is 2.63. The zero-order valence-electron chi connectivity index (χ0n) is 11.3. The van der Waals surface area contributed by atoms with Gasteiger partial charge in [-0.05, 0) is 43.0 Å². The number of esters is 1. The monoisotopic (exact) mass is 265 g/mol. The smallest absolute Gasteiger partial charge is 0.305 e. The SMILES string of the molecule is COC(=O)CC1CCCN(Cc2ccc(F)cc2)C1. The second kappa shape index (κ2) is 6.66. The average molecular weight is 265 g/mol. The minimum Gasteiger partial charge on any atom is -0.469 e. The molecule has 1 aliphatic rings. The first kappa shape index (κ1) is 14.0. The van der Waals surface area contributed by atoms with Gasteiger partial charge in [0.25, 0.3) is 0 Å². The van der Waals surface area contributed by atoms with Crippen molar-refractivity contribution in [3.05, 3.63) is 35.6 Å². The number of hydrogen-bond donors (Lipinski definition) is 0. The summed E-state index contributed by atoms with van der Waals surface area (Å²) < 4.78 is 17.6. The van der Waals surface area contributed by atoms with Crippen LogP contribution in [0.25, 0.3) is 0 Å². The lowest BCUT2D eigenvalue weighted by molar-refractivity contribution is -0.142. The van der Waals surface area contributed by atoms with E-state index < -0.39 is 0 Å². The predicted octanol–water partition coefficient (Wildman–Crippen LogP) is 2.60. The van der Waals surface area contributed by atoms with E-state index >= 15 is 0 Å². The first-order chi connectivity index (χ1) is 9.17. The molecule has 104 valence electrons. The largest absolute Gasteiger partial charge is 0.469 e. The predicted molar refractivity (Wildman–Crippen MR) is 71.0 cm³/mol. The maximum absolute atomic E-state index is 12.8. The number of likely N-dealkylation sites (tertiary alicyclic amines) is 1. The average Bonchev–Trinajstić information content (AvgIpc) is 2.42. The number of hydrogen-bond acceptors (Lipinski definition) is 3. The van der Waals surface area contributed by atoms with E-state index in [1.165, 1.54) is 19.2 Å². The van der Waals surface area contributed by atoms with Crippen LogP contribution in [0.4, 0.5) is 4.39 Å². The molecular weight excluding hydrogens is 245 g/mol. The Kier molecular flexibility index (Phi) is 4.91. The number of rotatable bonds is 4. The molecule has 1 saturated heterocycles. The second-order valence-electron chi connectivity index (χ2n) is 5.15. The van der Waals surface area contributed by atoms with Crippen LogP contribution in [0.3, 0.4) is 0 Å². The Balaban J connectivity index is 1.87. The van der Waals surface area contributed by atoms with E-state index in [0.29, 0.717) is 12.3 Å². The third-order valence-electron chi connectivity index (χ3n) is 3.61. The van der Waals surface area contributed by atoms with E-state index in [4.69, 9.17) is 4.74 Å². The molecule has 0 bridgehead atoms. The van der Waals surface area contributed by atoms with E-state index in [-0.39, 0.29) is 11.8 Å². The van der Waals surface area contributed by atoms with Gasteiger partial charge in [0.15, 0.2) is 0 Å². The summed E-state index contributed by atoms with van der Waals surface area (Å²) in [6.07, 6.45) is 2.67. The Morgan fingerprint density at radius 1 is 1.42 bits per heavy atom. The minimum absolute atomic E-state index is 0.131. The molecule has 0 aromatic heterocycles.